The minimum Gasteiger partial charge on any atom is -0.376 e. The van der Waals surface area contributed by atoms with Crippen molar-refractivity contribution in [1.29, 1.82) is 0 Å². The fourth-order valence-electron chi connectivity index (χ4n) is 3.53. The largest absolute Gasteiger partial charge is 0.376 e. The highest BCUT2D eigenvalue weighted by molar-refractivity contribution is 6.34. The van der Waals surface area contributed by atoms with Gasteiger partial charge in [-0.2, -0.15) is 0 Å². The molecule has 1 aliphatic rings. The molecule has 0 radical (unpaired) electrons. The molecule has 5 nitrogen and oxygen atoms in total. The third kappa shape index (κ3) is 5.97. The second kappa shape index (κ2) is 9.79. The van der Waals surface area contributed by atoms with Crippen LogP contribution in [0.25, 0.3) is 0 Å². The lowest BCUT2D eigenvalue weighted by Gasteiger charge is -2.23. The van der Waals surface area contributed by atoms with E-state index >= 15 is 0 Å². The summed E-state index contributed by atoms with van der Waals surface area (Å²) in [5.74, 6) is -0.318. The van der Waals surface area contributed by atoms with Gasteiger partial charge in [0, 0.05) is 17.4 Å². The number of benzene rings is 2. The summed E-state index contributed by atoms with van der Waals surface area (Å²) >= 11 is 6.24. The van der Waals surface area contributed by atoms with Crippen LogP contribution in [0.1, 0.15) is 53.6 Å². The summed E-state index contributed by atoms with van der Waals surface area (Å²) in [5, 5.41) is 9.43. The monoisotopic (exact) mass is 413 g/mol. The van der Waals surface area contributed by atoms with Crippen molar-refractivity contribution in [2.45, 2.75) is 52.0 Å². The molecule has 1 saturated carbocycles. The standard InChI is InChI=1S/C23H28ClN3O2/c1-15-8-9-19(12-16(15)2)26-22(28)14-25-18-10-11-21(24)20(13-18)23(29)27-17-6-4-3-5-7-17/h8-13,17,25H,3-7,14H2,1-2H3,(H,26,28)(H,27,29). The van der Waals surface area contributed by atoms with Gasteiger partial charge in [0.1, 0.15) is 0 Å². The van der Waals surface area contributed by atoms with E-state index in [2.05, 4.69) is 16.0 Å². The van der Waals surface area contributed by atoms with Crippen molar-refractivity contribution >= 4 is 34.8 Å². The van der Waals surface area contributed by atoms with Gasteiger partial charge in [-0.25, -0.2) is 0 Å². The number of carbonyl (C=O) groups is 2. The summed E-state index contributed by atoms with van der Waals surface area (Å²) in [5.41, 5.74) is 4.18. The molecule has 0 heterocycles. The highest BCUT2D eigenvalue weighted by atomic mass is 35.5. The molecule has 6 heteroatoms. The Hall–Kier alpha value is -2.53. The molecular weight excluding hydrogens is 386 g/mol. The van der Waals surface area contributed by atoms with Crippen molar-refractivity contribution < 1.29 is 9.59 Å². The van der Waals surface area contributed by atoms with Crippen molar-refractivity contribution in [3.05, 3.63) is 58.1 Å². The number of hydrogen-bond donors (Lipinski definition) is 3. The van der Waals surface area contributed by atoms with E-state index in [4.69, 9.17) is 11.6 Å². The SMILES string of the molecule is Cc1ccc(NC(=O)CNc2ccc(Cl)c(C(=O)NC3CCCCC3)c2)cc1C. The minimum absolute atomic E-state index is 0.0955. The van der Waals surface area contributed by atoms with Gasteiger partial charge in [0.2, 0.25) is 5.91 Å². The Morgan fingerprint density at radius 2 is 1.69 bits per heavy atom. The maximum atomic E-state index is 12.6. The maximum Gasteiger partial charge on any atom is 0.253 e. The van der Waals surface area contributed by atoms with Crippen LogP contribution < -0.4 is 16.0 Å². The van der Waals surface area contributed by atoms with Gasteiger partial charge in [0.05, 0.1) is 17.1 Å². The molecule has 0 atom stereocenters. The van der Waals surface area contributed by atoms with E-state index in [9.17, 15) is 9.59 Å². The van der Waals surface area contributed by atoms with Crippen molar-refractivity contribution in [1.82, 2.24) is 5.32 Å². The number of amides is 2. The number of rotatable bonds is 6. The lowest BCUT2D eigenvalue weighted by atomic mass is 9.95. The van der Waals surface area contributed by atoms with Crippen LogP contribution in [0.15, 0.2) is 36.4 Å². The molecular formula is C23H28ClN3O2. The highest BCUT2D eigenvalue weighted by Gasteiger charge is 2.18. The number of anilines is 2. The van der Waals surface area contributed by atoms with Crippen molar-refractivity contribution in [3.63, 3.8) is 0 Å². The number of halogens is 1. The molecule has 154 valence electrons. The Morgan fingerprint density at radius 1 is 0.966 bits per heavy atom. The molecule has 0 bridgehead atoms. The van der Waals surface area contributed by atoms with Crippen molar-refractivity contribution in [3.8, 4) is 0 Å². The van der Waals surface area contributed by atoms with Gasteiger partial charge in [-0.05, 0) is 68.1 Å². The second-order valence-corrected chi connectivity index (χ2v) is 8.11. The highest BCUT2D eigenvalue weighted by Crippen LogP contribution is 2.23. The summed E-state index contributed by atoms with van der Waals surface area (Å²) in [7, 11) is 0. The van der Waals surface area contributed by atoms with E-state index in [-0.39, 0.29) is 24.4 Å². The third-order valence-corrected chi connectivity index (χ3v) is 5.72. The summed E-state index contributed by atoms with van der Waals surface area (Å²) in [6, 6.07) is 11.2. The fraction of sp³-hybridized carbons (Fsp3) is 0.391. The normalized spacial score (nSPS) is 14.3. The molecule has 0 aromatic heterocycles. The minimum atomic E-state index is -0.162. The summed E-state index contributed by atoms with van der Waals surface area (Å²) < 4.78 is 0. The smallest absolute Gasteiger partial charge is 0.253 e. The van der Waals surface area contributed by atoms with Gasteiger partial charge in [0.15, 0.2) is 0 Å². The Kier molecular flexibility index (Phi) is 7.15. The van der Waals surface area contributed by atoms with E-state index in [1.807, 2.05) is 32.0 Å². The number of nitrogens with one attached hydrogen (secondary N) is 3. The van der Waals surface area contributed by atoms with E-state index in [0.29, 0.717) is 16.3 Å². The predicted molar refractivity (Wildman–Crippen MR) is 119 cm³/mol. The van der Waals surface area contributed by atoms with Crippen molar-refractivity contribution in [2.24, 2.45) is 0 Å². The average Bonchev–Trinajstić information content (AvgIpc) is 2.71. The van der Waals surface area contributed by atoms with Gasteiger partial charge in [-0.1, -0.05) is 36.9 Å². The second-order valence-electron chi connectivity index (χ2n) is 7.70. The molecule has 29 heavy (non-hydrogen) atoms. The zero-order valence-corrected chi connectivity index (χ0v) is 17.7. The van der Waals surface area contributed by atoms with Gasteiger partial charge < -0.3 is 16.0 Å². The van der Waals surface area contributed by atoms with Gasteiger partial charge in [-0.3, -0.25) is 9.59 Å². The molecule has 3 rings (SSSR count). The maximum absolute atomic E-state index is 12.6. The molecule has 1 fully saturated rings. The van der Waals surface area contributed by atoms with Crippen LogP contribution in [0.5, 0.6) is 0 Å². The first-order valence-electron chi connectivity index (χ1n) is 10.1. The van der Waals surface area contributed by atoms with E-state index in [0.717, 1.165) is 36.9 Å². The molecule has 1 aliphatic carbocycles. The van der Waals surface area contributed by atoms with Crippen LogP contribution in [0, 0.1) is 13.8 Å². The molecule has 0 unspecified atom stereocenters. The third-order valence-electron chi connectivity index (χ3n) is 5.40. The first-order chi connectivity index (χ1) is 13.9. The lowest BCUT2D eigenvalue weighted by molar-refractivity contribution is -0.114. The quantitative estimate of drug-likeness (QED) is 0.619. The van der Waals surface area contributed by atoms with Gasteiger partial charge in [-0.15, -0.1) is 0 Å². The Labute approximate surface area is 177 Å². The predicted octanol–water partition coefficient (Wildman–Crippen LogP) is 5.07. The molecule has 2 aromatic carbocycles. The topological polar surface area (TPSA) is 70.2 Å². The van der Waals surface area contributed by atoms with Gasteiger partial charge >= 0.3 is 0 Å². The molecule has 2 aromatic rings. The Balaban J connectivity index is 1.57. The van der Waals surface area contributed by atoms with E-state index < -0.39 is 0 Å². The molecule has 0 saturated heterocycles. The van der Waals surface area contributed by atoms with Crippen LogP contribution in [-0.2, 0) is 4.79 Å². The first-order valence-corrected chi connectivity index (χ1v) is 10.5. The molecule has 0 aliphatic heterocycles. The zero-order valence-electron chi connectivity index (χ0n) is 17.0. The van der Waals surface area contributed by atoms with Crippen molar-refractivity contribution in [2.75, 3.05) is 17.2 Å². The number of carbonyl (C=O) groups excluding carboxylic acids is 2. The summed E-state index contributed by atoms with van der Waals surface area (Å²) in [6.07, 6.45) is 5.56. The molecule has 2 amide bonds. The van der Waals surface area contributed by atoms with Crippen LogP contribution in [0.2, 0.25) is 5.02 Å². The van der Waals surface area contributed by atoms with Crippen LogP contribution >= 0.6 is 11.6 Å². The van der Waals surface area contributed by atoms with E-state index in [1.165, 1.54) is 12.0 Å². The summed E-state index contributed by atoms with van der Waals surface area (Å²) in [6.45, 7) is 4.14. The average molecular weight is 414 g/mol. The zero-order chi connectivity index (χ0) is 20.8. The number of aryl methyl sites for hydroxylation is 2. The Morgan fingerprint density at radius 3 is 2.41 bits per heavy atom. The molecule has 0 spiro atoms. The number of hydrogen-bond acceptors (Lipinski definition) is 3. The fourth-order valence-corrected chi connectivity index (χ4v) is 3.73. The van der Waals surface area contributed by atoms with Crippen LogP contribution in [0.3, 0.4) is 0 Å². The lowest BCUT2D eigenvalue weighted by Crippen LogP contribution is -2.36. The first kappa shape index (κ1) is 21.2. The van der Waals surface area contributed by atoms with Crippen LogP contribution in [-0.4, -0.2) is 24.4 Å². The summed E-state index contributed by atoms with van der Waals surface area (Å²) in [4.78, 5) is 24.9. The van der Waals surface area contributed by atoms with E-state index in [1.54, 1.807) is 18.2 Å². The van der Waals surface area contributed by atoms with Crippen LogP contribution in [0.4, 0.5) is 11.4 Å². The van der Waals surface area contributed by atoms with Gasteiger partial charge in [0.25, 0.3) is 5.91 Å². The molecule has 3 N–H and O–H groups in total. The Bertz CT molecular complexity index is 892.